The molecule has 15 heavy (non-hydrogen) atoms. The van der Waals surface area contributed by atoms with E-state index in [0.717, 1.165) is 0 Å². The molecule has 0 aromatic heterocycles. The van der Waals surface area contributed by atoms with Crippen LogP contribution in [0.15, 0.2) is 0 Å². The molecular formula is C8H19NO6. The molecule has 0 bridgehead atoms. The average Bonchev–Trinajstić information content (AvgIpc) is 2.23. The summed E-state index contributed by atoms with van der Waals surface area (Å²) in [5.41, 5.74) is 3.43. The number of aliphatic hydroxyl groups is 4. The fourth-order valence-corrected chi connectivity index (χ4v) is 0.442. The molecule has 0 atom stereocenters. The second-order valence-electron chi connectivity index (χ2n) is 2.88. The minimum Gasteiger partial charge on any atom is -0.450 e. The van der Waals surface area contributed by atoms with Crippen LogP contribution in [0.2, 0.25) is 0 Å². The van der Waals surface area contributed by atoms with Crippen LogP contribution in [0.4, 0.5) is 4.79 Å². The van der Waals surface area contributed by atoms with E-state index in [2.05, 4.69) is 10.5 Å². The van der Waals surface area contributed by atoms with Gasteiger partial charge >= 0.3 is 6.09 Å². The van der Waals surface area contributed by atoms with Crippen LogP contribution >= 0.6 is 0 Å². The maximum absolute atomic E-state index is 9.60. The van der Waals surface area contributed by atoms with Crippen molar-refractivity contribution in [3.05, 3.63) is 0 Å². The predicted molar refractivity (Wildman–Crippen MR) is 52.0 cm³/mol. The van der Waals surface area contributed by atoms with E-state index in [0.29, 0.717) is 6.61 Å². The van der Waals surface area contributed by atoms with E-state index in [9.17, 15) is 4.79 Å². The number of nitrogens with two attached hydrogens (primary N) is 1. The molecule has 7 nitrogen and oxygen atoms in total. The van der Waals surface area contributed by atoms with Gasteiger partial charge in [-0.05, 0) is 6.92 Å². The fraction of sp³-hybridized carbons (Fsp3) is 0.875. The fourth-order valence-electron chi connectivity index (χ4n) is 0.442. The van der Waals surface area contributed by atoms with Crippen molar-refractivity contribution in [3.8, 4) is 0 Å². The number of rotatable bonds is 5. The lowest BCUT2D eigenvalue weighted by Crippen LogP contribution is -2.37. The van der Waals surface area contributed by atoms with Gasteiger partial charge in [0.05, 0.1) is 38.4 Å². The number of hydrogen-bond donors (Lipinski definition) is 5. The van der Waals surface area contributed by atoms with E-state index in [1.165, 1.54) is 0 Å². The van der Waals surface area contributed by atoms with Crippen molar-refractivity contribution in [3.63, 3.8) is 0 Å². The molecule has 0 aromatic carbocycles. The van der Waals surface area contributed by atoms with Crippen LogP contribution < -0.4 is 5.73 Å². The number of amides is 1. The van der Waals surface area contributed by atoms with E-state index in [1.807, 2.05) is 0 Å². The minimum atomic E-state index is -1.11. The third-order valence-corrected chi connectivity index (χ3v) is 1.63. The monoisotopic (exact) mass is 225 g/mol. The Balaban J connectivity index is 0. The zero-order valence-electron chi connectivity index (χ0n) is 8.72. The molecule has 0 aliphatic carbocycles. The highest BCUT2D eigenvalue weighted by Crippen LogP contribution is 2.11. The van der Waals surface area contributed by atoms with Gasteiger partial charge in [0.15, 0.2) is 0 Å². The van der Waals surface area contributed by atoms with Crippen molar-refractivity contribution in [2.24, 2.45) is 11.1 Å². The Morgan fingerprint density at radius 2 is 1.47 bits per heavy atom. The van der Waals surface area contributed by atoms with E-state index in [4.69, 9.17) is 20.4 Å². The molecule has 0 aliphatic rings. The first-order chi connectivity index (χ1) is 7.01. The predicted octanol–water partition coefficient (Wildman–Crippen LogP) is -1.96. The molecule has 0 unspecified atom stereocenters. The second kappa shape index (κ2) is 9.66. The summed E-state index contributed by atoms with van der Waals surface area (Å²) in [6, 6.07) is 0. The zero-order chi connectivity index (χ0) is 12.3. The summed E-state index contributed by atoms with van der Waals surface area (Å²) in [7, 11) is 0. The number of primary amides is 1. The third-order valence-electron chi connectivity index (χ3n) is 1.63. The lowest BCUT2D eigenvalue weighted by atomic mass is 9.93. The van der Waals surface area contributed by atoms with Gasteiger partial charge in [-0.15, -0.1) is 0 Å². The summed E-state index contributed by atoms with van der Waals surface area (Å²) >= 11 is 0. The number of hydrogen-bond acceptors (Lipinski definition) is 6. The molecule has 0 aromatic rings. The van der Waals surface area contributed by atoms with E-state index < -0.39 is 37.9 Å². The van der Waals surface area contributed by atoms with Gasteiger partial charge in [-0.2, -0.15) is 0 Å². The van der Waals surface area contributed by atoms with Crippen molar-refractivity contribution < 1.29 is 30.0 Å². The normalized spacial score (nSPS) is 10.2. The zero-order valence-corrected chi connectivity index (χ0v) is 8.72. The van der Waals surface area contributed by atoms with Crippen molar-refractivity contribution in [2.45, 2.75) is 6.92 Å². The van der Waals surface area contributed by atoms with Gasteiger partial charge < -0.3 is 30.9 Å². The lowest BCUT2D eigenvalue weighted by Gasteiger charge is -2.23. The highest BCUT2D eigenvalue weighted by atomic mass is 16.5. The van der Waals surface area contributed by atoms with E-state index in [-0.39, 0.29) is 0 Å². The Bertz CT molecular complexity index is 142. The molecular weight excluding hydrogens is 206 g/mol. The van der Waals surface area contributed by atoms with Crippen molar-refractivity contribution in [1.29, 1.82) is 0 Å². The smallest absolute Gasteiger partial charge is 0.404 e. The third kappa shape index (κ3) is 8.13. The van der Waals surface area contributed by atoms with Crippen LogP contribution in [0.5, 0.6) is 0 Å². The van der Waals surface area contributed by atoms with Gasteiger partial charge in [0, 0.05) is 0 Å². The summed E-state index contributed by atoms with van der Waals surface area (Å²) in [4.78, 5) is 9.60. The maximum Gasteiger partial charge on any atom is 0.404 e. The first-order valence-corrected chi connectivity index (χ1v) is 4.37. The lowest BCUT2D eigenvalue weighted by molar-refractivity contribution is -0.0328. The van der Waals surface area contributed by atoms with Gasteiger partial charge in [0.1, 0.15) is 0 Å². The highest BCUT2D eigenvalue weighted by Gasteiger charge is 2.26. The molecule has 1 amide bonds. The Morgan fingerprint density at radius 1 is 1.13 bits per heavy atom. The Labute approximate surface area is 88.1 Å². The quantitative estimate of drug-likeness (QED) is 0.369. The number of carbonyl (C=O) groups excluding carboxylic acids is 1. The number of aliphatic hydroxyl groups excluding tert-OH is 4. The topological polar surface area (TPSA) is 133 Å². The highest BCUT2D eigenvalue weighted by molar-refractivity contribution is 5.64. The first kappa shape index (κ1) is 16.5. The summed E-state index contributed by atoms with van der Waals surface area (Å²) in [5, 5.41) is 34.0. The number of ether oxygens (including phenoxy) is 1. The Hall–Kier alpha value is -0.890. The van der Waals surface area contributed by atoms with Crippen molar-refractivity contribution in [1.82, 2.24) is 0 Å². The standard InChI is InChI=1S/C5H12O4.C3H7NO2/c6-1-5(2-7,3-8)4-9;1-2-6-3(4)5/h6-9H,1-4H2;2H2,1H3,(H2,4,5). The van der Waals surface area contributed by atoms with Gasteiger partial charge in [-0.1, -0.05) is 0 Å². The van der Waals surface area contributed by atoms with Crippen LogP contribution in [-0.4, -0.2) is 59.6 Å². The molecule has 92 valence electrons. The molecule has 0 saturated carbocycles. The average molecular weight is 225 g/mol. The summed E-state index contributed by atoms with van der Waals surface area (Å²) in [6.45, 7) is 0.431. The van der Waals surface area contributed by atoms with E-state index >= 15 is 0 Å². The van der Waals surface area contributed by atoms with Crippen LogP contribution in [-0.2, 0) is 4.74 Å². The molecule has 0 radical (unpaired) electrons. The molecule has 0 rings (SSSR count). The first-order valence-electron chi connectivity index (χ1n) is 4.37. The Kier molecular flexibility index (Phi) is 10.6. The van der Waals surface area contributed by atoms with Gasteiger partial charge in [-0.3, -0.25) is 0 Å². The molecule has 0 fully saturated rings. The molecule has 7 heteroatoms. The SMILES string of the molecule is CCOC(N)=O.OCC(CO)(CO)CO. The van der Waals surface area contributed by atoms with Crippen LogP contribution in [0, 0.1) is 5.41 Å². The van der Waals surface area contributed by atoms with Crippen LogP contribution in [0.1, 0.15) is 6.92 Å². The minimum absolute atomic E-state index is 0.356. The molecule has 6 N–H and O–H groups in total. The summed E-state index contributed by atoms with van der Waals surface area (Å²) in [5.74, 6) is 0. The van der Waals surface area contributed by atoms with Crippen molar-refractivity contribution >= 4 is 6.09 Å². The van der Waals surface area contributed by atoms with Gasteiger partial charge in [0.2, 0.25) is 0 Å². The van der Waals surface area contributed by atoms with Crippen LogP contribution in [0.3, 0.4) is 0 Å². The van der Waals surface area contributed by atoms with Gasteiger partial charge in [-0.25, -0.2) is 4.79 Å². The summed E-state index contributed by atoms with van der Waals surface area (Å²) in [6.07, 6.45) is -0.711. The maximum atomic E-state index is 9.60. The number of carbonyl (C=O) groups is 1. The summed E-state index contributed by atoms with van der Waals surface area (Å²) < 4.78 is 4.18. The molecule has 0 saturated heterocycles. The molecule has 0 heterocycles. The molecule has 0 aliphatic heterocycles. The van der Waals surface area contributed by atoms with Gasteiger partial charge in [0.25, 0.3) is 0 Å². The molecule has 0 spiro atoms. The van der Waals surface area contributed by atoms with Crippen LogP contribution in [0.25, 0.3) is 0 Å². The van der Waals surface area contributed by atoms with Crippen molar-refractivity contribution in [2.75, 3.05) is 33.0 Å². The largest absolute Gasteiger partial charge is 0.450 e. The Morgan fingerprint density at radius 3 is 1.47 bits per heavy atom. The van der Waals surface area contributed by atoms with E-state index in [1.54, 1.807) is 6.92 Å². The second-order valence-corrected chi connectivity index (χ2v) is 2.88.